The van der Waals surface area contributed by atoms with Crippen LogP contribution in [-0.4, -0.2) is 22.3 Å². The molecule has 1 amide bonds. The average Bonchev–Trinajstić information content (AvgIpc) is 3.25. The Morgan fingerprint density at radius 1 is 1.42 bits per heavy atom. The molecule has 5 nitrogen and oxygen atoms in total. The van der Waals surface area contributed by atoms with Crippen LogP contribution in [0.3, 0.4) is 0 Å². The monoisotopic (exact) mass is 349 g/mol. The van der Waals surface area contributed by atoms with Crippen LogP contribution in [0, 0.1) is 5.82 Å². The largest absolute Gasteiger partial charge is 0.340 e. The number of nitrogens with one attached hydrogen (secondary N) is 1. The van der Waals surface area contributed by atoms with Crippen LogP contribution >= 0.6 is 11.8 Å². The third-order valence-electron chi connectivity index (χ3n) is 4.32. The third kappa shape index (κ3) is 3.45. The molecule has 1 atom stereocenters. The molecule has 3 rings (SSSR count). The summed E-state index contributed by atoms with van der Waals surface area (Å²) in [6.07, 6.45) is 6.33. The molecule has 7 heteroatoms. The van der Waals surface area contributed by atoms with Gasteiger partial charge < -0.3 is 9.84 Å². The van der Waals surface area contributed by atoms with Gasteiger partial charge in [0.25, 0.3) is 5.91 Å². The number of aromatic nitrogens is 2. The molecule has 1 fully saturated rings. The van der Waals surface area contributed by atoms with E-state index in [1.165, 1.54) is 30.7 Å². The first kappa shape index (κ1) is 17.0. The van der Waals surface area contributed by atoms with Crippen LogP contribution in [-0.2, 0) is 0 Å². The minimum atomic E-state index is -0.538. The minimum absolute atomic E-state index is 0.0485. The normalized spacial score (nSPS) is 16.3. The van der Waals surface area contributed by atoms with Crippen LogP contribution in [0.4, 0.5) is 4.39 Å². The van der Waals surface area contributed by atoms with E-state index in [0.29, 0.717) is 22.5 Å². The molecule has 1 aliphatic carbocycles. The summed E-state index contributed by atoms with van der Waals surface area (Å²) in [5, 5.41) is 6.78. The first-order valence-corrected chi connectivity index (χ1v) is 9.29. The number of halogens is 1. The maximum atomic E-state index is 14.0. The van der Waals surface area contributed by atoms with Gasteiger partial charge in [-0.1, -0.05) is 24.1 Å². The van der Waals surface area contributed by atoms with Crippen molar-refractivity contribution in [2.24, 2.45) is 0 Å². The second-order valence-corrected chi connectivity index (χ2v) is 6.83. The fraction of sp³-hybridized carbons (Fsp3) is 0.471. The lowest BCUT2D eigenvalue weighted by molar-refractivity contribution is 0.0925. The molecule has 0 radical (unpaired) electrons. The summed E-state index contributed by atoms with van der Waals surface area (Å²) in [6, 6.07) is 4.12. The van der Waals surface area contributed by atoms with Crippen LogP contribution in [0.1, 0.15) is 66.6 Å². The average molecular weight is 349 g/mol. The van der Waals surface area contributed by atoms with E-state index in [1.807, 2.05) is 0 Å². The number of benzene rings is 1. The molecule has 1 aromatic heterocycles. The maximum absolute atomic E-state index is 14.0. The van der Waals surface area contributed by atoms with Gasteiger partial charge in [-0.3, -0.25) is 4.79 Å². The van der Waals surface area contributed by atoms with Crippen molar-refractivity contribution in [3.8, 4) is 0 Å². The molecule has 1 heterocycles. The number of rotatable bonds is 5. The van der Waals surface area contributed by atoms with Crippen LogP contribution in [0.5, 0.6) is 0 Å². The first-order chi connectivity index (χ1) is 11.6. The van der Waals surface area contributed by atoms with Crippen molar-refractivity contribution in [1.29, 1.82) is 0 Å². The molecule has 1 aliphatic rings. The summed E-state index contributed by atoms with van der Waals surface area (Å²) in [4.78, 5) is 17.4. The van der Waals surface area contributed by atoms with Crippen molar-refractivity contribution in [3.63, 3.8) is 0 Å². The minimum Gasteiger partial charge on any atom is -0.340 e. The molecule has 128 valence electrons. The summed E-state index contributed by atoms with van der Waals surface area (Å²) in [7, 11) is 0. The number of carbonyl (C=O) groups is 1. The van der Waals surface area contributed by atoms with E-state index in [-0.39, 0.29) is 5.56 Å². The van der Waals surface area contributed by atoms with E-state index in [1.54, 1.807) is 25.3 Å². The van der Waals surface area contributed by atoms with Gasteiger partial charge in [0.15, 0.2) is 5.82 Å². The SMILES string of the molecule is CSc1cccc(F)c1C(=O)N[C@@H](C)c1nc(C2CCCC2)no1. The highest BCUT2D eigenvalue weighted by molar-refractivity contribution is 7.98. The van der Waals surface area contributed by atoms with Crippen molar-refractivity contribution in [2.75, 3.05) is 6.26 Å². The standard InChI is InChI=1S/C17H20FN3O2S/c1-10(17-20-15(21-23-17)11-6-3-4-7-11)19-16(22)14-12(18)8-5-9-13(14)24-2/h5,8-11H,3-4,6-7H2,1-2H3,(H,19,22)/t10-/m0/s1. The predicted molar refractivity (Wildman–Crippen MR) is 89.6 cm³/mol. The van der Waals surface area contributed by atoms with Crippen molar-refractivity contribution in [3.05, 3.63) is 41.3 Å². The summed E-state index contributed by atoms with van der Waals surface area (Å²) < 4.78 is 19.3. The molecule has 0 aliphatic heterocycles. The highest BCUT2D eigenvalue weighted by atomic mass is 32.2. The number of hydrogen-bond donors (Lipinski definition) is 1. The van der Waals surface area contributed by atoms with Crippen molar-refractivity contribution in [2.45, 2.75) is 49.5 Å². The van der Waals surface area contributed by atoms with Gasteiger partial charge >= 0.3 is 0 Å². The molecule has 0 saturated heterocycles. The van der Waals surface area contributed by atoms with E-state index < -0.39 is 17.8 Å². The molecular weight excluding hydrogens is 329 g/mol. The van der Waals surface area contributed by atoms with Gasteiger partial charge in [-0.2, -0.15) is 4.98 Å². The lowest BCUT2D eigenvalue weighted by atomic mass is 10.1. The second-order valence-electron chi connectivity index (χ2n) is 5.98. The molecular formula is C17H20FN3O2S. The number of nitrogens with zero attached hydrogens (tertiary/aromatic N) is 2. The molecule has 0 bridgehead atoms. The fourth-order valence-electron chi connectivity index (χ4n) is 3.00. The van der Waals surface area contributed by atoms with Crippen LogP contribution in [0.15, 0.2) is 27.6 Å². The molecule has 1 aromatic carbocycles. The Morgan fingerprint density at radius 3 is 2.88 bits per heavy atom. The van der Waals surface area contributed by atoms with E-state index >= 15 is 0 Å². The Morgan fingerprint density at radius 2 is 2.17 bits per heavy atom. The number of amides is 1. The van der Waals surface area contributed by atoms with Gasteiger partial charge in [0.1, 0.15) is 11.9 Å². The van der Waals surface area contributed by atoms with Gasteiger partial charge in [-0.15, -0.1) is 11.8 Å². The Kier molecular flexibility index (Phi) is 5.18. The first-order valence-electron chi connectivity index (χ1n) is 8.07. The third-order valence-corrected chi connectivity index (χ3v) is 5.10. The van der Waals surface area contributed by atoms with Crippen LogP contribution in [0.25, 0.3) is 0 Å². The topological polar surface area (TPSA) is 68.0 Å². The smallest absolute Gasteiger partial charge is 0.256 e. The van der Waals surface area contributed by atoms with E-state index in [4.69, 9.17) is 4.52 Å². The molecule has 1 saturated carbocycles. The van der Waals surface area contributed by atoms with E-state index in [0.717, 1.165) is 12.8 Å². The molecule has 0 unspecified atom stereocenters. The Labute approximate surface area is 144 Å². The molecule has 1 N–H and O–H groups in total. The predicted octanol–water partition coefficient (Wildman–Crippen LogP) is 4.08. The number of thioether (sulfide) groups is 1. The Bertz CT molecular complexity index is 728. The van der Waals surface area contributed by atoms with Crippen molar-refractivity contribution < 1.29 is 13.7 Å². The Hall–Kier alpha value is -1.89. The lowest BCUT2D eigenvalue weighted by Gasteiger charge is -2.12. The van der Waals surface area contributed by atoms with Crippen LogP contribution < -0.4 is 5.32 Å². The highest BCUT2D eigenvalue weighted by Crippen LogP contribution is 2.32. The van der Waals surface area contributed by atoms with Crippen LogP contribution in [0.2, 0.25) is 0 Å². The van der Waals surface area contributed by atoms with E-state index in [2.05, 4.69) is 15.5 Å². The maximum Gasteiger partial charge on any atom is 0.256 e. The molecule has 0 spiro atoms. The molecule has 2 aromatic rings. The van der Waals surface area contributed by atoms with Crippen molar-refractivity contribution in [1.82, 2.24) is 15.5 Å². The lowest BCUT2D eigenvalue weighted by Crippen LogP contribution is -2.28. The quantitative estimate of drug-likeness (QED) is 0.824. The molecule has 24 heavy (non-hydrogen) atoms. The highest BCUT2D eigenvalue weighted by Gasteiger charge is 2.25. The van der Waals surface area contributed by atoms with Gasteiger partial charge in [0, 0.05) is 10.8 Å². The second kappa shape index (κ2) is 7.34. The zero-order valence-corrected chi connectivity index (χ0v) is 14.5. The van der Waals surface area contributed by atoms with Gasteiger partial charge in [-0.25, -0.2) is 4.39 Å². The fourth-order valence-corrected chi connectivity index (χ4v) is 3.61. The van der Waals surface area contributed by atoms with Gasteiger partial charge in [0.05, 0.1) is 5.56 Å². The number of hydrogen-bond acceptors (Lipinski definition) is 5. The zero-order valence-electron chi connectivity index (χ0n) is 13.7. The summed E-state index contributed by atoms with van der Waals surface area (Å²) in [5.41, 5.74) is 0.0485. The number of carbonyl (C=O) groups excluding carboxylic acids is 1. The summed E-state index contributed by atoms with van der Waals surface area (Å²) >= 11 is 1.33. The van der Waals surface area contributed by atoms with Crippen molar-refractivity contribution >= 4 is 17.7 Å². The zero-order chi connectivity index (χ0) is 17.1. The van der Waals surface area contributed by atoms with Gasteiger partial charge in [0.2, 0.25) is 5.89 Å². The Balaban J connectivity index is 1.73. The van der Waals surface area contributed by atoms with E-state index in [9.17, 15) is 9.18 Å². The van der Waals surface area contributed by atoms with Gasteiger partial charge in [-0.05, 0) is 38.2 Å². The summed E-state index contributed by atoms with van der Waals surface area (Å²) in [5.74, 6) is 0.390. The summed E-state index contributed by atoms with van der Waals surface area (Å²) in [6.45, 7) is 1.75.